The molecule has 3 aromatic carbocycles. The summed E-state index contributed by atoms with van der Waals surface area (Å²) in [5.41, 5.74) is 3.80. The molecular formula is C27H30N4O4. The molecular weight excluding hydrogens is 444 g/mol. The molecule has 4 amide bonds. The van der Waals surface area contributed by atoms with Crippen LogP contribution in [0.3, 0.4) is 0 Å². The Morgan fingerprint density at radius 3 is 2.20 bits per heavy atom. The van der Waals surface area contributed by atoms with E-state index in [1.165, 1.54) is 0 Å². The van der Waals surface area contributed by atoms with Crippen LogP contribution in [0.2, 0.25) is 0 Å². The van der Waals surface area contributed by atoms with E-state index in [0.29, 0.717) is 48.6 Å². The lowest BCUT2D eigenvalue weighted by Crippen LogP contribution is -2.27. The number of carbonyl (C=O) groups is 3. The summed E-state index contributed by atoms with van der Waals surface area (Å²) in [4.78, 5) is 36.6. The molecule has 0 spiro atoms. The van der Waals surface area contributed by atoms with Crippen molar-refractivity contribution in [2.45, 2.75) is 26.3 Å². The standard InChI is InChI=1S/C27H30N4O4/c1-19-6-3-8-22(16-19)30-27(34)31-23-9-4-7-20(17-23)18-29-25(32)10-5-15-28-26(33)21-11-13-24(35-2)14-12-21/h3-4,6-9,11-14,16-17H,5,10,15,18H2,1-2H3,(H,28,33)(H,29,32)(H2,30,31,34). The molecule has 0 saturated carbocycles. The Kier molecular flexibility index (Phi) is 9.24. The number of urea groups is 1. The molecule has 4 N–H and O–H groups in total. The minimum absolute atomic E-state index is 0.112. The summed E-state index contributed by atoms with van der Waals surface area (Å²) in [6, 6.07) is 21.3. The second kappa shape index (κ2) is 12.8. The average Bonchev–Trinajstić information content (AvgIpc) is 2.85. The van der Waals surface area contributed by atoms with E-state index in [2.05, 4.69) is 21.3 Å². The molecule has 0 heterocycles. The highest BCUT2D eigenvalue weighted by Gasteiger charge is 2.07. The molecule has 8 heteroatoms. The van der Waals surface area contributed by atoms with Crippen molar-refractivity contribution in [1.82, 2.24) is 10.6 Å². The predicted octanol–water partition coefficient (Wildman–Crippen LogP) is 4.47. The van der Waals surface area contributed by atoms with E-state index < -0.39 is 0 Å². The minimum atomic E-state index is -0.339. The number of carbonyl (C=O) groups excluding carboxylic acids is 3. The molecule has 0 radical (unpaired) electrons. The second-order valence-electron chi connectivity index (χ2n) is 8.01. The molecule has 8 nitrogen and oxygen atoms in total. The van der Waals surface area contributed by atoms with Crippen LogP contribution in [0.4, 0.5) is 16.2 Å². The number of methoxy groups -OCH3 is 1. The van der Waals surface area contributed by atoms with E-state index in [9.17, 15) is 14.4 Å². The van der Waals surface area contributed by atoms with Gasteiger partial charge in [0.05, 0.1) is 7.11 Å². The molecule has 0 atom stereocenters. The highest BCUT2D eigenvalue weighted by Crippen LogP contribution is 2.14. The Morgan fingerprint density at radius 2 is 1.51 bits per heavy atom. The minimum Gasteiger partial charge on any atom is -0.497 e. The lowest BCUT2D eigenvalue weighted by molar-refractivity contribution is -0.121. The van der Waals surface area contributed by atoms with E-state index in [1.54, 1.807) is 37.4 Å². The highest BCUT2D eigenvalue weighted by atomic mass is 16.5. The van der Waals surface area contributed by atoms with Gasteiger partial charge in [0.2, 0.25) is 5.91 Å². The van der Waals surface area contributed by atoms with Gasteiger partial charge in [0.25, 0.3) is 5.91 Å². The molecule has 35 heavy (non-hydrogen) atoms. The predicted molar refractivity (Wildman–Crippen MR) is 137 cm³/mol. The van der Waals surface area contributed by atoms with E-state index in [4.69, 9.17) is 4.74 Å². The third kappa shape index (κ3) is 8.51. The van der Waals surface area contributed by atoms with E-state index in [1.807, 2.05) is 49.4 Å². The monoisotopic (exact) mass is 474 g/mol. The first-order valence-electron chi connectivity index (χ1n) is 11.4. The lowest BCUT2D eigenvalue weighted by atomic mass is 10.2. The SMILES string of the molecule is COc1ccc(C(=O)NCCCC(=O)NCc2cccc(NC(=O)Nc3cccc(C)c3)c2)cc1. The molecule has 0 aliphatic heterocycles. The first kappa shape index (κ1) is 25.3. The van der Waals surface area contributed by atoms with Crippen LogP contribution in [0.5, 0.6) is 5.75 Å². The van der Waals surface area contributed by atoms with E-state index in [0.717, 1.165) is 11.1 Å². The maximum atomic E-state index is 12.3. The van der Waals surface area contributed by atoms with Crippen molar-refractivity contribution in [2.75, 3.05) is 24.3 Å². The number of amides is 4. The normalized spacial score (nSPS) is 10.2. The smallest absolute Gasteiger partial charge is 0.323 e. The van der Waals surface area contributed by atoms with Crippen LogP contribution in [0.15, 0.2) is 72.8 Å². The first-order chi connectivity index (χ1) is 16.9. The summed E-state index contributed by atoms with van der Waals surface area (Å²) < 4.78 is 5.08. The molecule has 0 aromatic heterocycles. The number of aryl methyl sites for hydroxylation is 1. The van der Waals surface area contributed by atoms with E-state index in [-0.39, 0.29) is 17.8 Å². The Bertz CT molecular complexity index is 1160. The summed E-state index contributed by atoms with van der Waals surface area (Å²) in [6.07, 6.45) is 0.814. The number of benzene rings is 3. The quantitative estimate of drug-likeness (QED) is 0.325. The topological polar surface area (TPSA) is 109 Å². The van der Waals surface area contributed by atoms with Gasteiger partial charge >= 0.3 is 6.03 Å². The van der Waals surface area contributed by atoms with Crippen molar-refractivity contribution >= 4 is 29.2 Å². The number of anilines is 2. The first-order valence-corrected chi connectivity index (χ1v) is 11.4. The zero-order valence-electron chi connectivity index (χ0n) is 19.9. The molecule has 3 rings (SSSR count). The zero-order valence-corrected chi connectivity index (χ0v) is 19.9. The largest absolute Gasteiger partial charge is 0.497 e. The van der Waals surface area contributed by atoms with E-state index >= 15 is 0 Å². The molecule has 0 saturated heterocycles. The summed E-state index contributed by atoms with van der Waals surface area (Å²) in [5, 5.41) is 11.3. The van der Waals surface area contributed by atoms with Crippen molar-refractivity contribution in [3.8, 4) is 5.75 Å². The van der Waals surface area contributed by atoms with Gasteiger partial charge in [0.1, 0.15) is 5.75 Å². The molecule has 0 aliphatic carbocycles. The number of hydrogen-bond donors (Lipinski definition) is 4. The van der Waals surface area contributed by atoms with Gasteiger partial charge in [-0.05, 0) is 73.0 Å². The fourth-order valence-electron chi connectivity index (χ4n) is 3.36. The molecule has 3 aromatic rings. The van der Waals surface area contributed by atoms with Crippen molar-refractivity contribution in [3.05, 3.63) is 89.5 Å². The highest BCUT2D eigenvalue weighted by molar-refractivity contribution is 5.99. The van der Waals surface area contributed by atoms with Gasteiger partial charge in [-0.25, -0.2) is 4.79 Å². The maximum Gasteiger partial charge on any atom is 0.323 e. The van der Waals surface area contributed by atoms with Gasteiger partial charge in [0, 0.05) is 36.4 Å². The Balaban J connectivity index is 1.36. The number of hydrogen-bond acceptors (Lipinski definition) is 4. The van der Waals surface area contributed by atoms with Crippen LogP contribution >= 0.6 is 0 Å². The average molecular weight is 475 g/mol. The van der Waals surface area contributed by atoms with Crippen molar-refractivity contribution < 1.29 is 19.1 Å². The summed E-state index contributed by atoms with van der Waals surface area (Å²) >= 11 is 0. The molecule has 0 unspecified atom stereocenters. The van der Waals surface area contributed by atoms with Gasteiger partial charge in [-0.3, -0.25) is 9.59 Å². The Morgan fingerprint density at radius 1 is 0.829 bits per heavy atom. The van der Waals surface area contributed by atoms with Crippen LogP contribution < -0.4 is 26.0 Å². The maximum absolute atomic E-state index is 12.3. The zero-order chi connectivity index (χ0) is 25.0. The van der Waals surface area contributed by atoms with Gasteiger partial charge < -0.3 is 26.0 Å². The lowest BCUT2D eigenvalue weighted by Gasteiger charge is -2.10. The molecule has 0 bridgehead atoms. The number of nitrogens with one attached hydrogen (secondary N) is 4. The third-order valence-corrected chi connectivity index (χ3v) is 5.17. The molecule has 182 valence electrons. The number of rotatable bonds is 10. The van der Waals surface area contributed by atoms with Gasteiger partial charge in [0.15, 0.2) is 0 Å². The van der Waals surface area contributed by atoms with Crippen molar-refractivity contribution in [3.63, 3.8) is 0 Å². The van der Waals surface area contributed by atoms with Crippen LogP contribution in [-0.2, 0) is 11.3 Å². The van der Waals surface area contributed by atoms with Gasteiger partial charge in [-0.15, -0.1) is 0 Å². The summed E-state index contributed by atoms with van der Waals surface area (Å²) in [6.45, 7) is 2.69. The second-order valence-corrected chi connectivity index (χ2v) is 8.01. The fraction of sp³-hybridized carbons (Fsp3) is 0.222. The Labute approximate surface area is 205 Å². The van der Waals surface area contributed by atoms with Crippen molar-refractivity contribution in [1.29, 1.82) is 0 Å². The van der Waals surface area contributed by atoms with Gasteiger partial charge in [-0.1, -0.05) is 24.3 Å². The molecule has 0 aliphatic rings. The van der Waals surface area contributed by atoms with Crippen LogP contribution in [0, 0.1) is 6.92 Å². The van der Waals surface area contributed by atoms with Crippen LogP contribution in [-0.4, -0.2) is 31.5 Å². The van der Waals surface area contributed by atoms with Crippen molar-refractivity contribution in [2.24, 2.45) is 0 Å². The number of ether oxygens (including phenoxy) is 1. The molecule has 0 fully saturated rings. The van der Waals surface area contributed by atoms with Crippen LogP contribution in [0.1, 0.15) is 34.3 Å². The summed E-state index contributed by atoms with van der Waals surface area (Å²) in [5.74, 6) is 0.383. The third-order valence-electron chi connectivity index (χ3n) is 5.17. The van der Waals surface area contributed by atoms with Gasteiger partial charge in [-0.2, -0.15) is 0 Å². The van der Waals surface area contributed by atoms with Crippen LogP contribution in [0.25, 0.3) is 0 Å². The fourth-order valence-corrected chi connectivity index (χ4v) is 3.36. The Hall–Kier alpha value is -4.33. The summed E-state index contributed by atoms with van der Waals surface area (Å²) in [7, 11) is 1.57.